The summed E-state index contributed by atoms with van der Waals surface area (Å²) in [5.41, 5.74) is -0.000281. The molecule has 9 heteroatoms. The van der Waals surface area contributed by atoms with Gasteiger partial charge in [0.25, 0.3) is 0 Å². The van der Waals surface area contributed by atoms with E-state index in [1.165, 1.54) is 6.07 Å². The monoisotopic (exact) mass is 419 g/mol. The Labute approximate surface area is 171 Å². The Morgan fingerprint density at radius 1 is 1.17 bits per heavy atom. The fourth-order valence-electron chi connectivity index (χ4n) is 3.96. The fraction of sp³-hybridized carbons (Fsp3) is 0.381. The number of pyridine rings is 1. The number of aromatic nitrogens is 1. The van der Waals surface area contributed by atoms with E-state index in [4.69, 9.17) is 4.74 Å². The number of halogens is 3. The molecule has 1 aromatic carbocycles. The van der Waals surface area contributed by atoms with Crippen molar-refractivity contribution < 1.29 is 27.5 Å². The van der Waals surface area contributed by atoms with Crippen LogP contribution in [0.4, 0.5) is 23.7 Å². The predicted molar refractivity (Wildman–Crippen MR) is 101 cm³/mol. The van der Waals surface area contributed by atoms with Crippen LogP contribution in [-0.4, -0.2) is 41.5 Å². The lowest BCUT2D eigenvalue weighted by atomic mass is 9.71. The summed E-state index contributed by atoms with van der Waals surface area (Å²) in [4.78, 5) is 31.1. The number of hydrogen-bond acceptors (Lipinski definition) is 5. The van der Waals surface area contributed by atoms with E-state index >= 15 is 0 Å². The number of carbonyl (C=O) groups excluding carboxylic acids is 2. The maximum Gasteiger partial charge on any atom is 0.433 e. The van der Waals surface area contributed by atoms with Gasteiger partial charge in [-0.15, -0.1) is 0 Å². The zero-order valence-corrected chi connectivity index (χ0v) is 16.1. The minimum atomic E-state index is -4.50. The second kappa shape index (κ2) is 7.62. The largest absolute Gasteiger partial charge is 0.444 e. The van der Waals surface area contributed by atoms with Crippen LogP contribution < -0.4 is 4.90 Å². The predicted octanol–water partition coefficient (Wildman–Crippen LogP) is 3.87. The van der Waals surface area contributed by atoms with Crippen molar-refractivity contribution in [1.82, 2.24) is 9.88 Å². The number of imide groups is 1. The molecule has 30 heavy (non-hydrogen) atoms. The summed E-state index contributed by atoms with van der Waals surface area (Å²) in [7, 11) is 0. The van der Waals surface area contributed by atoms with Crippen molar-refractivity contribution >= 4 is 17.7 Å². The molecule has 0 unspecified atom stereocenters. The van der Waals surface area contributed by atoms with Crippen LogP contribution in [0.15, 0.2) is 48.7 Å². The Hall–Kier alpha value is -3.10. The van der Waals surface area contributed by atoms with Gasteiger partial charge in [-0.3, -0.25) is 9.78 Å². The molecule has 2 amide bonds. The number of nitrogens with zero attached hydrogens (tertiary/aromatic N) is 3. The molecule has 2 aromatic rings. The van der Waals surface area contributed by atoms with E-state index in [0.717, 1.165) is 22.7 Å². The molecule has 1 spiro atoms. The van der Waals surface area contributed by atoms with E-state index in [9.17, 15) is 22.8 Å². The number of rotatable bonds is 3. The molecule has 0 atom stereocenters. The van der Waals surface area contributed by atoms with Crippen molar-refractivity contribution in [2.24, 2.45) is 5.41 Å². The SMILES string of the molecule is O=C1CC2(CCN1C(=O)OCc1ccccc1)CN(c1ccnc(C(F)(F)F)c1)C2. The number of piperidine rings is 1. The topological polar surface area (TPSA) is 62.7 Å². The van der Waals surface area contributed by atoms with Crippen molar-refractivity contribution in [1.29, 1.82) is 0 Å². The molecular formula is C21H20F3N3O3. The number of amides is 2. The third-order valence-electron chi connectivity index (χ3n) is 5.57. The van der Waals surface area contributed by atoms with Gasteiger partial charge in [0.05, 0.1) is 0 Å². The Morgan fingerprint density at radius 3 is 2.57 bits per heavy atom. The molecule has 0 N–H and O–H groups in total. The van der Waals surface area contributed by atoms with Crippen LogP contribution in [0, 0.1) is 5.41 Å². The van der Waals surface area contributed by atoms with Crippen molar-refractivity contribution in [3.63, 3.8) is 0 Å². The van der Waals surface area contributed by atoms with Crippen LogP contribution in [0.2, 0.25) is 0 Å². The summed E-state index contributed by atoms with van der Waals surface area (Å²) in [6.45, 7) is 1.26. The number of likely N-dealkylation sites (tertiary alicyclic amines) is 1. The highest BCUT2D eigenvalue weighted by Gasteiger charge is 2.49. The second-order valence-corrected chi connectivity index (χ2v) is 7.77. The van der Waals surface area contributed by atoms with Gasteiger partial charge in [-0.05, 0) is 24.1 Å². The number of carbonyl (C=O) groups is 2. The fourth-order valence-corrected chi connectivity index (χ4v) is 3.96. The highest BCUT2D eigenvalue weighted by atomic mass is 19.4. The molecule has 0 aliphatic carbocycles. The normalized spacial score (nSPS) is 18.3. The molecule has 0 saturated carbocycles. The van der Waals surface area contributed by atoms with Gasteiger partial charge in [-0.1, -0.05) is 30.3 Å². The van der Waals surface area contributed by atoms with Crippen LogP contribution in [-0.2, 0) is 22.3 Å². The maximum atomic E-state index is 12.9. The Kier molecular flexibility index (Phi) is 5.13. The Balaban J connectivity index is 1.32. The van der Waals surface area contributed by atoms with Crippen molar-refractivity contribution in [3.8, 4) is 0 Å². The van der Waals surface area contributed by atoms with E-state index in [0.29, 0.717) is 25.2 Å². The first-order valence-electron chi connectivity index (χ1n) is 9.55. The average molecular weight is 419 g/mol. The van der Waals surface area contributed by atoms with Crippen LogP contribution in [0.3, 0.4) is 0 Å². The van der Waals surface area contributed by atoms with Gasteiger partial charge in [0.15, 0.2) is 0 Å². The van der Waals surface area contributed by atoms with Crippen molar-refractivity contribution in [3.05, 3.63) is 59.9 Å². The molecule has 0 bridgehead atoms. The average Bonchev–Trinajstić information content (AvgIpc) is 2.70. The molecule has 1 aromatic heterocycles. The van der Waals surface area contributed by atoms with Crippen LogP contribution in [0.25, 0.3) is 0 Å². The van der Waals surface area contributed by atoms with E-state index < -0.39 is 18.0 Å². The smallest absolute Gasteiger partial charge is 0.433 e. The van der Waals surface area contributed by atoms with Gasteiger partial charge >= 0.3 is 12.3 Å². The van der Waals surface area contributed by atoms with Crippen molar-refractivity contribution in [2.45, 2.75) is 25.6 Å². The Bertz CT molecular complexity index is 943. The third kappa shape index (κ3) is 4.10. The van der Waals surface area contributed by atoms with Gasteiger partial charge in [-0.25, -0.2) is 9.69 Å². The summed E-state index contributed by atoms with van der Waals surface area (Å²) >= 11 is 0. The molecule has 4 rings (SSSR count). The zero-order chi connectivity index (χ0) is 21.4. The summed E-state index contributed by atoms with van der Waals surface area (Å²) in [5.74, 6) is -0.315. The molecule has 2 aliphatic heterocycles. The first-order chi connectivity index (χ1) is 14.3. The van der Waals surface area contributed by atoms with Crippen LogP contribution in [0.5, 0.6) is 0 Å². The zero-order valence-electron chi connectivity index (χ0n) is 16.1. The highest BCUT2D eigenvalue weighted by molar-refractivity contribution is 5.93. The number of ether oxygens (including phenoxy) is 1. The van der Waals surface area contributed by atoms with Gasteiger partial charge in [-0.2, -0.15) is 13.2 Å². The first-order valence-corrected chi connectivity index (χ1v) is 9.55. The molecule has 2 fully saturated rings. The molecular weight excluding hydrogens is 399 g/mol. The lowest BCUT2D eigenvalue weighted by Gasteiger charge is -2.54. The number of hydrogen-bond donors (Lipinski definition) is 0. The summed E-state index contributed by atoms with van der Waals surface area (Å²) in [6, 6.07) is 11.7. The second-order valence-electron chi connectivity index (χ2n) is 7.77. The van der Waals surface area contributed by atoms with E-state index in [1.807, 2.05) is 30.3 Å². The van der Waals surface area contributed by atoms with E-state index in [-0.39, 0.29) is 30.9 Å². The van der Waals surface area contributed by atoms with Gasteiger partial charge in [0, 0.05) is 43.4 Å². The number of benzene rings is 1. The minimum Gasteiger partial charge on any atom is -0.444 e. The maximum absolute atomic E-state index is 12.9. The quantitative estimate of drug-likeness (QED) is 0.756. The van der Waals surface area contributed by atoms with Crippen LogP contribution >= 0.6 is 0 Å². The summed E-state index contributed by atoms with van der Waals surface area (Å²) < 4.78 is 43.8. The lowest BCUT2D eigenvalue weighted by molar-refractivity contribution is -0.141. The first kappa shape index (κ1) is 20.2. The lowest BCUT2D eigenvalue weighted by Crippen LogP contribution is -2.62. The number of alkyl halides is 3. The standard InChI is InChI=1S/C21H20F3N3O3/c22-21(23,24)17-10-16(6-8-25-17)26-13-20(14-26)7-9-27(18(28)11-20)19(29)30-12-15-4-2-1-3-5-15/h1-6,8,10H,7,9,11-14H2. The molecule has 2 aliphatic rings. The van der Waals surface area contributed by atoms with E-state index in [2.05, 4.69) is 4.98 Å². The molecule has 0 radical (unpaired) electrons. The molecule has 3 heterocycles. The van der Waals surface area contributed by atoms with E-state index in [1.54, 1.807) is 4.90 Å². The van der Waals surface area contributed by atoms with Gasteiger partial charge < -0.3 is 9.64 Å². The summed E-state index contributed by atoms with van der Waals surface area (Å²) in [5, 5.41) is 0. The van der Waals surface area contributed by atoms with Crippen molar-refractivity contribution in [2.75, 3.05) is 24.5 Å². The van der Waals surface area contributed by atoms with Crippen LogP contribution in [0.1, 0.15) is 24.1 Å². The molecule has 6 nitrogen and oxygen atoms in total. The molecule has 158 valence electrons. The van der Waals surface area contributed by atoms with Gasteiger partial charge in [0.2, 0.25) is 5.91 Å². The highest BCUT2D eigenvalue weighted by Crippen LogP contribution is 2.43. The molecule has 2 saturated heterocycles. The summed E-state index contributed by atoms with van der Waals surface area (Å²) in [6.07, 6.45) is -3.27. The number of anilines is 1. The van der Waals surface area contributed by atoms with Gasteiger partial charge in [0.1, 0.15) is 12.3 Å². The minimum absolute atomic E-state index is 0.0892. The Morgan fingerprint density at radius 2 is 1.90 bits per heavy atom. The third-order valence-corrected chi connectivity index (χ3v) is 5.57.